The molecule has 1 aromatic carbocycles. The standard InChI is InChI=1S/C21H33N3O3S/c1-17-13-18(2)15-24(14-17)28(26,27)20-9-7-19(8-10-20)22-21(25)16-23-11-5-3-4-6-12-23/h7-10,17-18H,3-6,11-16H2,1-2H3,(H,22,25)/t17-,18-/m1/s1. The van der Waals surface area contributed by atoms with E-state index in [1.165, 1.54) is 12.8 Å². The predicted octanol–water partition coefficient (Wildman–Crippen LogP) is 3.17. The van der Waals surface area contributed by atoms with Crippen molar-refractivity contribution in [1.82, 2.24) is 9.21 Å². The van der Waals surface area contributed by atoms with E-state index < -0.39 is 10.0 Å². The zero-order valence-corrected chi connectivity index (χ0v) is 17.9. The van der Waals surface area contributed by atoms with E-state index in [0.29, 0.717) is 42.1 Å². The molecule has 2 fully saturated rings. The molecule has 0 unspecified atom stereocenters. The molecule has 2 aliphatic rings. The van der Waals surface area contributed by atoms with E-state index in [-0.39, 0.29) is 5.91 Å². The van der Waals surface area contributed by atoms with E-state index in [1.807, 2.05) is 0 Å². The van der Waals surface area contributed by atoms with Gasteiger partial charge in [-0.2, -0.15) is 4.31 Å². The number of hydrogen-bond donors (Lipinski definition) is 1. The third-order valence-corrected chi connectivity index (χ3v) is 7.52. The van der Waals surface area contributed by atoms with Crippen LogP contribution in [0, 0.1) is 11.8 Å². The SMILES string of the molecule is C[C@@H]1C[C@@H](C)CN(S(=O)(=O)c2ccc(NC(=O)CN3CCCCCC3)cc2)C1. The second-order valence-electron chi connectivity index (χ2n) is 8.53. The van der Waals surface area contributed by atoms with Gasteiger partial charge in [-0.15, -0.1) is 0 Å². The third kappa shape index (κ3) is 5.55. The Bertz CT molecular complexity index is 746. The van der Waals surface area contributed by atoms with Crippen molar-refractivity contribution in [3.63, 3.8) is 0 Å². The summed E-state index contributed by atoms with van der Waals surface area (Å²) >= 11 is 0. The van der Waals surface area contributed by atoms with Gasteiger partial charge in [0.15, 0.2) is 0 Å². The molecule has 7 heteroatoms. The number of carbonyl (C=O) groups is 1. The van der Waals surface area contributed by atoms with Crippen LogP contribution >= 0.6 is 0 Å². The van der Waals surface area contributed by atoms with E-state index in [0.717, 1.165) is 32.4 Å². The summed E-state index contributed by atoms with van der Waals surface area (Å²) in [6, 6.07) is 6.57. The van der Waals surface area contributed by atoms with Crippen LogP contribution in [0.2, 0.25) is 0 Å². The number of likely N-dealkylation sites (tertiary alicyclic amines) is 1. The number of piperidine rings is 1. The summed E-state index contributed by atoms with van der Waals surface area (Å²) < 4.78 is 27.5. The smallest absolute Gasteiger partial charge is 0.243 e. The third-order valence-electron chi connectivity index (χ3n) is 5.68. The number of nitrogens with zero attached hydrogens (tertiary/aromatic N) is 2. The van der Waals surface area contributed by atoms with Crippen LogP contribution in [-0.2, 0) is 14.8 Å². The number of sulfonamides is 1. The molecule has 6 nitrogen and oxygen atoms in total. The van der Waals surface area contributed by atoms with E-state index in [2.05, 4.69) is 24.1 Å². The van der Waals surface area contributed by atoms with Crippen LogP contribution in [0.25, 0.3) is 0 Å². The van der Waals surface area contributed by atoms with Crippen molar-refractivity contribution >= 4 is 21.6 Å². The highest BCUT2D eigenvalue weighted by molar-refractivity contribution is 7.89. The minimum absolute atomic E-state index is 0.0452. The Morgan fingerprint density at radius 2 is 1.57 bits per heavy atom. The predicted molar refractivity (Wildman–Crippen MR) is 112 cm³/mol. The second kappa shape index (κ2) is 9.37. The number of amides is 1. The average molecular weight is 408 g/mol. The Labute approximate surface area is 169 Å². The van der Waals surface area contributed by atoms with Crippen molar-refractivity contribution in [2.75, 3.05) is 38.0 Å². The molecule has 2 heterocycles. The summed E-state index contributed by atoms with van der Waals surface area (Å²) in [5.74, 6) is 0.698. The van der Waals surface area contributed by atoms with Crippen LogP contribution in [0.15, 0.2) is 29.2 Å². The van der Waals surface area contributed by atoms with Crippen molar-refractivity contribution in [2.45, 2.75) is 50.8 Å². The molecule has 0 spiro atoms. The van der Waals surface area contributed by atoms with Crippen LogP contribution in [-0.4, -0.2) is 56.3 Å². The highest BCUT2D eigenvalue weighted by atomic mass is 32.2. The van der Waals surface area contributed by atoms with E-state index in [1.54, 1.807) is 28.6 Å². The molecule has 2 saturated heterocycles. The van der Waals surface area contributed by atoms with Gasteiger partial charge in [-0.25, -0.2) is 8.42 Å². The first kappa shape index (κ1) is 21.3. The Kier molecular flexibility index (Phi) is 7.12. The van der Waals surface area contributed by atoms with Crippen LogP contribution in [0.3, 0.4) is 0 Å². The van der Waals surface area contributed by atoms with Crippen molar-refractivity contribution in [2.24, 2.45) is 11.8 Å². The molecule has 0 bridgehead atoms. The molecule has 2 aliphatic heterocycles. The number of carbonyl (C=O) groups excluding carboxylic acids is 1. The summed E-state index contributed by atoms with van der Waals surface area (Å²) in [4.78, 5) is 14.8. The second-order valence-corrected chi connectivity index (χ2v) is 10.5. The quantitative estimate of drug-likeness (QED) is 0.814. The zero-order valence-electron chi connectivity index (χ0n) is 17.1. The molecule has 2 atom stereocenters. The molecule has 0 aliphatic carbocycles. The van der Waals surface area contributed by atoms with Crippen molar-refractivity contribution in [1.29, 1.82) is 0 Å². The van der Waals surface area contributed by atoms with E-state index >= 15 is 0 Å². The topological polar surface area (TPSA) is 69.7 Å². The molecule has 3 rings (SSSR count). The Morgan fingerprint density at radius 3 is 2.14 bits per heavy atom. The number of rotatable bonds is 5. The molecule has 1 N–H and O–H groups in total. The normalized spacial score (nSPS) is 25.2. The zero-order chi connectivity index (χ0) is 20.1. The van der Waals surface area contributed by atoms with Crippen molar-refractivity contribution < 1.29 is 13.2 Å². The van der Waals surface area contributed by atoms with Gasteiger partial charge in [0.1, 0.15) is 0 Å². The summed E-state index contributed by atoms with van der Waals surface area (Å²) in [5, 5.41) is 2.89. The van der Waals surface area contributed by atoms with Gasteiger partial charge in [0.05, 0.1) is 11.4 Å². The van der Waals surface area contributed by atoms with Gasteiger partial charge in [-0.05, 0) is 68.5 Å². The summed E-state index contributed by atoms with van der Waals surface area (Å²) in [6.45, 7) is 7.67. The maximum atomic E-state index is 12.9. The first-order valence-corrected chi connectivity index (χ1v) is 11.9. The first-order chi connectivity index (χ1) is 13.3. The molecule has 1 amide bonds. The number of benzene rings is 1. The number of anilines is 1. The summed E-state index contributed by atoms with van der Waals surface area (Å²) in [7, 11) is -3.49. The molecule has 0 aromatic heterocycles. The van der Waals surface area contributed by atoms with Crippen LogP contribution in [0.5, 0.6) is 0 Å². The minimum atomic E-state index is -3.49. The minimum Gasteiger partial charge on any atom is -0.325 e. The van der Waals surface area contributed by atoms with E-state index in [4.69, 9.17) is 0 Å². The van der Waals surface area contributed by atoms with Gasteiger partial charge in [-0.1, -0.05) is 26.7 Å². The van der Waals surface area contributed by atoms with Crippen LogP contribution in [0.1, 0.15) is 46.0 Å². The van der Waals surface area contributed by atoms with Crippen molar-refractivity contribution in [3.8, 4) is 0 Å². The molecular formula is C21H33N3O3S. The van der Waals surface area contributed by atoms with Gasteiger partial charge in [0, 0.05) is 18.8 Å². The molecule has 0 radical (unpaired) electrons. The average Bonchev–Trinajstić information content (AvgIpc) is 2.90. The molecular weight excluding hydrogens is 374 g/mol. The van der Waals surface area contributed by atoms with Crippen LogP contribution < -0.4 is 5.32 Å². The largest absolute Gasteiger partial charge is 0.325 e. The highest BCUT2D eigenvalue weighted by Crippen LogP contribution is 2.27. The first-order valence-electron chi connectivity index (χ1n) is 10.5. The van der Waals surface area contributed by atoms with Gasteiger partial charge in [-0.3, -0.25) is 9.69 Å². The number of nitrogens with one attached hydrogen (secondary N) is 1. The highest BCUT2D eigenvalue weighted by Gasteiger charge is 2.31. The maximum Gasteiger partial charge on any atom is 0.243 e. The fourth-order valence-electron chi connectivity index (χ4n) is 4.36. The summed E-state index contributed by atoms with van der Waals surface area (Å²) in [6.07, 6.45) is 5.83. The van der Waals surface area contributed by atoms with Crippen LogP contribution in [0.4, 0.5) is 5.69 Å². The Balaban J connectivity index is 1.60. The van der Waals surface area contributed by atoms with Gasteiger partial charge in [0.25, 0.3) is 0 Å². The maximum absolute atomic E-state index is 12.9. The fourth-order valence-corrected chi connectivity index (χ4v) is 6.04. The Morgan fingerprint density at radius 1 is 1.00 bits per heavy atom. The molecule has 28 heavy (non-hydrogen) atoms. The van der Waals surface area contributed by atoms with Gasteiger partial charge < -0.3 is 5.32 Å². The molecule has 1 aromatic rings. The van der Waals surface area contributed by atoms with Gasteiger partial charge in [0.2, 0.25) is 15.9 Å². The summed E-state index contributed by atoms with van der Waals surface area (Å²) in [5.41, 5.74) is 0.638. The lowest BCUT2D eigenvalue weighted by molar-refractivity contribution is -0.117. The lowest BCUT2D eigenvalue weighted by atomic mass is 9.94. The Hall–Kier alpha value is -1.44. The lowest BCUT2D eigenvalue weighted by Crippen LogP contribution is -2.42. The molecule has 156 valence electrons. The van der Waals surface area contributed by atoms with Gasteiger partial charge >= 0.3 is 0 Å². The fraction of sp³-hybridized carbons (Fsp3) is 0.667. The van der Waals surface area contributed by atoms with Crippen molar-refractivity contribution in [3.05, 3.63) is 24.3 Å². The lowest BCUT2D eigenvalue weighted by Gasteiger charge is -2.34. The monoisotopic (exact) mass is 407 g/mol. The number of hydrogen-bond acceptors (Lipinski definition) is 4. The molecule has 0 saturated carbocycles. The van der Waals surface area contributed by atoms with E-state index in [9.17, 15) is 13.2 Å².